The zero-order valence-electron chi connectivity index (χ0n) is 23.5. The largest absolute Gasteiger partial charge is 0.504 e. The number of benzene rings is 2. The Hall–Kier alpha value is -4.28. The number of rotatable bonds is 10. The number of β-lactam (4-membered cyclic amide) rings is 1. The van der Waals surface area contributed by atoms with Crippen molar-refractivity contribution in [2.24, 2.45) is 0 Å². The first-order valence-corrected chi connectivity index (χ1v) is 16.1. The number of amides is 4. The van der Waals surface area contributed by atoms with Crippen LogP contribution in [0.1, 0.15) is 22.2 Å². The van der Waals surface area contributed by atoms with Crippen molar-refractivity contribution < 1.29 is 34.5 Å². The minimum Gasteiger partial charge on any atom is -0.504 e. The van der Waals surface area contributed by atoms with Crippen LogP contribution in [0.5, 0.6) is 11.5 Å². The van der Waals surface area contributed by atoms with Crippen LogP contribution in [0.3, 0.4) is 0 Å². The molecular formula is C28H28N6O7S3. The van der Waals surface area contributed by atoms with Crippen LogP contribution in [0, 0.1) is 6.92 Å². The van der Waals surface area contributed by atoms with Gasteiger partial charge in [-0.3, -0.25) is 14.5 Å². The fourth-order valence-electron chi connectivity index (χ4n) is 4.71. The smallest absolute Gasteiger partial charge is 0.352 e. The molecule has 16 heteroatoms. The zero-order valence-corrected chi connectivity index (χ0v) is 25.9. The van der Waals surface area contributed by atoms with Crippen molar-refractivity contribution in [2.45, 2.75) is 35.3 Å². The van der Waals surface area contributed by atoms with E-state index >= 15 is 0 Å². The Labute approximate surface area is 264 Å². The fourth-order valence-corrected chi connectivity index (χ4v) is 8.01. The number of urea groups is 1. The number of carboxylic acid groups (broad SMARTS) is 1. The van der Waals surface area contributed by atoms with E-state index in [-0.39, 0.29) is 23.7 Å². The van der Waals surface area contributed by atoms with Crippen LogP contribution in [0.15, 0.2) is 64.1 Å². The summed E-state index contributed by atoms with van der Waals surface area (Å²) in [4.78, 5) is 54.7. The van der Waals surface area contributed by atoms with E-state index in [9.17, 15) is 34.5 Å². The molecule has 44 heavy (non-hydrogen) atoms. The fraction of sp³-hybridized carbons (Fsp3) is 0.286. The summed E-state index contributed by atoms with van der Waals surface area (Å²) in [6.45, 7) is 1.90. The molecule has 3 atom stereocenters. The van der Waals surface area contributed by atoms with Crippen molar-refractivity contribution >= 4 is 58.7 Å². The summed E-state index contributed by atoms with van der Waals surface area (Å²) in [5, 5.41) is 42.9. The second-order valence-electron chi connectivity index (χ2n) is 10.0. The number of thioether (sulfide) groups is 2. The number of hydrogen-bond acceptors (Lipinski definition) is 11. The van der Waals surface area contributed by atoms with Gasteiger partial charge in [0.15, 0.2) is 15.8 Å². The van der Waals surface area contributed by atoms with Crippen LogP contribution < -0.4 is 10.6 Å². The van der Waals surface area contributed by atoms with Crippen molar-refractivity contribution in [3.05, 3.63) is 75.9 Å². The van der Waals surface area contributed by atoms with Gasteiger partial charge in [0.25, 0.3) is 5.91 Å². The van der Waals surface area contributed by atoms with Crippen LogP contribution in [0.2, 0.25) is 0 Å². The molecule has 0 spiro atoms. The van der Waals surface area contributed by atoms with Gasteiger partial charge >= 0.3 is 12.0 Å². The number of aliphatic carboxylic acids is 1. The van der Waals surface area contributed by atoms with E-state index in [1.54, 1.807) is 36.4 Å². The molecule has 13 nitrogen and oxygen atoms in total. The minimum atomic E-state index is -1.23. The molecule has 5 N–H and O–H groups in total. The monoisotopic (exact) mass is 656 g/mol. The molecule has 3 heterocycles. The number of aromatic hydroxyl groups is 2. The molecule has 1 fully saturated rings. The van der Waals surface area contributed by atoms with E-state index in [0.717, 1.165) is 5.01 Å². The summed E-state index contributed by atoms with van der Waals surface area (Å²) in [6.07, 6.45) is 0. The Kier molecular flexibility index (Phi) is 9.31. The highest BCUT2D eigenvalue weighted by Gasteiger charge is 2.54. The third-order valence-electron chi connectivity index (χ3n) is 6.89. The molecular weight excluding hydrogens is 629 g/mol. The molecule has 0 aliphatic carbocycles. The molecule has 2 unspecified atom stereocenters. The number of aromatic nitrogens is 2. The molecule has 0 saturated carbocycles. The van der Waals surface area contributed by atoms with E-state index in [0.29, 0.717) is 32.5 Å². The lowest BCUT2D eigenvalue weighted by molar-refractivity contribution is -0.151. The molecule has 2 aliphatic heterocycles. The Bertz CT molecular complexity index is 1630. The highest BCUT2D eigenvalue weighted by Crippen LogP contribution is 2.42. The maximum Gasteiger partial charge on any atom is 0.352 e. The summed E-state index contributed by atoms with van der Waals surface area (Å²) in [5.41, 5.74) is 1.51. The van der Waals surface area contributed by atoms with Gasteiger partial charge in [-0.05, 0) is 35.8 Å². The van der Waals surface area contributed by atoms with E-state index < -0.39 is 41.3 Å². The summed E-state index contributed by atoms with van der Waals surface area (Å²) in [5.74, 6) is -2.34. The minimum absolute atomic E-state index is 0.0706. The second-order valence-corrected chi connectivity index (χ2v) is 13.5. The first-order chi connectivity index (χ1) is 21.0. The quantitative estimate of drug-likeness (QED) is 0.123. The lowest BCUT2D eigenvalue weighted by atomic mass is 10.0. The van der Waals surface area contributed by atoms with Gasteiger partial charge in [0.2, 0.25) is 5.91 Å². The molecule has 2 aromatic carbocycles. The highest BCUT2D eigenvalue weighted by molar-refractivity contribution is 8.01. The average Bonchev–Trinajstić information content (AvgIpc) is 3.43. The topological polar surface area (TPSA) is 185 Å². The normalized spacial score (nSPS) is 18.2. The van der Waals surface area contributed by atoms with Crippen molar-refractivity contribution in [3.63, 3.8) is 0 Å². The third-order valence-corrected chi connectivity index (χ3v) is 10.3. The predicted molar refractivity (Wildman–Crippen MR) is 164 cm³/mol. The number of carbonyl (C=O) groups excluding carboxylic acids is 3. The lowest BCUT2D eigenvalue weighted by Crippen LogP contribution is -2.71. The van der Waals surface area contributed by atoms with Gasteiger partial charge in [-0.25, -0.2) is 9.59 Å². The summed E-state index contributed by atoms with van der Waals surface area (Å²) >= 11 is 4.11. The number of carbonyl (C=O) groups is 4. The van der Waals surface area contributed by atoms with E-state index in [2.05, 4.69) is 20.8 Å². The highest BCUT2D eigenvalue weighted by atomic mass is 32.2. The summed E-state index contributed by atoms with van der Waals surface area (Å²) < 4.78 is 0.702. The van der Waals surface area contributed by atoms with Crippen LogP contribution >= 0.6 is 34.9 Å². The van der Waals surface area contributed by atoms with Gasteiger partial charge in [0.05, 0.1) is 0 Å². The van der Waals surface area contributed by atoms with Crippen LogP contribution in [0.4, 0.5) is 4.79 Å². The number of hydrogen-bond donors (Lipinski definition) is 5. The van der Waals surface area contributed by atoms with Crippen molar-refractivity contribution in [2.75, 3.05) is 18.6 Å². The molecule has 5 rings (SSSR count). The Morgan fingerprint density at radius 2 is 1.89 bits per heavy atom. The van der Waals surface area contributed by atoms with Crippen LogP contribution in [0.25, 0.3) is 0 Å². The first kappa shape index (κ1) is 31.2. The van der Waals surface area contributed by atoms with Gasteiger partial charge in [0, 0.05) is 25.1 Å². The molecule has 2 aliphatic rings. The number of aryl methyl sites for hydroxylation is 1. The van der Waals surface area contributed by atoms with Gasteiger partial charge in [0.1, 0.15) is 28.2 Å². The predicted octanol–water partition coefficient (Wildman–Crippen LogP) is 2.67. The van der Waals surface area contributed by atoms with E-state index in [1.165, 1.54) is 63.8 Å². The number of phenolic OH excluding ortho intramolecular Hbond substituents is 2. The molecule has 1 aromatic heterocycles. The van der Waals surface area contributed by atoms with E-state index in [4.69, 9.17) is 0 Å². The number of carboxylic acids is 1. The molecule has 1 saturated heterocycles. The summed E-state index contributed by atoms with van der Waals surface area (Å²) in [7, 11) is 1.51. The molecule has 0 bridgehead atoms. The molecule has 0 radical (unpaired) electrons. The van der Waals surface area contributed by atoms with Gasteiger partial charge in [-0.15, -0.1) is 22.0 Å². The van der Waals surface area contributed by atoms with Crippen LogP contribution in [-0.2, 0) is 20.9 Å². The Morgan fingerprint density at radius 1 is 1.14 bits per heavy atom. The number of fused-ring (bicyclic) bond motifs is 1. The second kappa shape index (κ2) is 13.2. The van der Waals surface area contributed by atoms with Crippen molar-refractivity contribution in [3.8, 4) is 11.5 Å². The number of phenols is 2. The molecule has 4 amide bonds. The number of nitrogens with zero attached hydrogens (tertiary/aromatic N) is 4. The van der Waals surface area contributed by atoms with Crippen LogP contribution in [-0.4, -0.2) is 89.1 Å². The lowest BCUT2D eigenvalue weighted by Gasteiger charge is -2.49. The summed E-state index contributed by atoms with van der Waals surface area (Å²) in [6, 6.07) is 9.97. The number of nitrogens with one attached hydrogen (secondary N) is 2. The van der Waals surface area contributed by atoms with Crippen molar-refractivity contribution in [1.29, 1.82) is 0 Å². The molecule has 3 aromatic rings. The maximum absolute atomic E-state index is 13.6. The Morgan fingerprint density at radius 3 is 2.55 bits per heavy atom. The first-order valence-electron chi connectivity index (χ1n) is 13.2. The SMILES string of the molecule is Cc1nnc(SCC2=C(C(=O)O)N3C(=O)C(NC(=O)C(NC(=O)N(C)Cc4ccc(O)c(O)c4)c4ccccc4)[C@@H]3SC2)s1. The van der Waals surface area contributed by atoms with E-state index in [1.807, 2.05) is 6.92 Å². The van der Waals surface area contributed by atoms with Gasteiger partial charge < -0.3 is 30.9 Å². The maximum atomic E-state index is 13.6. The third kappa shape index (κ3) is 6.61. The van der Waals surface area contributed by atoms with Gasteiger partial charge in [-0.2, -0.15) is 0 Å². The zero-order chi connectivity index (χ0) is 31.5. The average molecular weight is 657 g/mol. The Balaban J connectivity index is 1.28. The van der Waals surface area contributed by atoms with Crippen molar-refractivity contribution in [1.82, 2.24) is 30.6 Å². The standard InChI is InChI=1S/C28H28N6O7S3/c1-14-31-32-28(44-14)43-13-17-12-42-25-21(24(38)34(25)22(17)26(39)40)29-23(37)20(16-6-4-3-5-7-16)30-27(41)33(2)11-15-8-9-18(35)19(36)10-15/h3-10,20-21,25,35-36H,11-13H2,1-2H3,(H,29,37)(H,30,41)(H,39,40)/t20?,21?,25-/m0/s1. The van der Waals surface area contributed by atoms with Gasteiger partial charge in [-0.1, -0.05) is 59.5 Å². The molecule has 230 valence electrons.